The van der Waals surface area contributed by atoms with E-state index >= 15 is 0 Å². The van der Waals surface area contributed by atoms with Crippen LogP contribution in [-0.2, 0) is 6.54 Å². The third kappa shape index (κ3) is 3.73. The fourth-order valence-electron chi connectivity index (χ4n) is 1.91. The van der Waals surface area contributed by atoms with E-state index in [4.69, 9.17) is 16.0 Å². The molecule has 0 saturated heterocycles. The van der Waals surface area contributed by atoms with Crippen LogP contribution in [0.1, 0.15) is 16.2 Å². The van der Waals surface area contributed by atoms with Gasteiger partial charge in [0.1, 0.15) is 5.82 Å². The number of nitrogens with one attached hydrogen (secondary N) is 1. The van der Waals surface area contributed by atoms with Crippen molar-refractivity contribution in [2.45, 2.75) is 6.54 Å². The summed E-state index contributed by atoms with van der Waals surface area (Å²) in [6.07, 6.45) is 0. The van der Waals surface area contributed by atoms with Crippen LogP contribution < -0.4 is 5.32 Å². The van der Waals surface area contributed by atoms with Crippen molar-refractivity contribution in [3.8, 4) is 11.5 Å². The minimum atomic E-state index is -0.505. The zero-order valence-electron chi connectivity index (χ0n) is 11.8. The van der Waals surface area contributed by atoms with Crippen molar-refractivity contribution in [2.75, 3.05) is 0 Å². The number of aromatic nitrogens is 2. The van der Waals surface area contributed by atoms with Crippen molar-refractivity contribution >= 4 is 17.5 Å². The van der Waals surface area contributed by atoms with E-state index in [0.717, 1.165) is 5.56 Å². The van der Waals surface area contributed by atoms with Crippen LogP contribution in [0.3, 0.4) is 0 Å². The highest BCUT2D eigenvalue weighted by atomic mass is 35.5. The molecule has 1 N–H and O–H groups in total. The molecule has 0 spiro atoms. The van der Waals surface area contributed by atoms with Crippen LogP contribution >= 0.6 is 11.6 Å². The van der Waals surface area contributed by atoms with Gasteiger partial charge in [-0.2, -0.15) is 0 Å². The Kier molecular flexibility index (Phi) is 4.34. The first-order valence-corrected chi connectivity index (χ1v) is 7.12. The lowest BCUT2D eigenvalue weighted by Crippen LogP contribution is -2.23. The van der Waals surface area contributed by atoms with Gasteiger partial charge in [0.25, 0.3) is 0 Å². The molecule has 1 amide bonds. The Labute approximate surface area is 136 Å². The summed E-state index contributed by atoms with van der Waals surface area (Å²) in [4.78, 5) is 12.0. The molecule has 0 radical (unpaired) electrons. The molecule has 0 unspecified atom stereocenters. The van der Waals surface area contributed by atoms with Crippen molar-refractivity contribution in [1.29, 1.82) is 0 Å². The summed E-state index contributed by atoms with van der Waals surface area (Å²) in [5.41, 5.74) is 1.39. The van der Waals surface area contributed by atoms with Gasteiger partial charge in [-0.05, 0) is 35.9 Å². The van der Waals surface area contributed by atoms with E-state index in [1.807, 2.05) is 0 Å². The summed E-state index contributed by atoms with van der Waals surface area (Å²) >= 11 is 5.90. The lowest BCUT2D eigenvalue weighted by molar-refractivity contribution is 0.0917. The fraction of sp³-hybridized carbons (Fsp3) is 0.0625. The third-order valence-corrected chi connectivity index (χ3v) is 3.29. The molecule has 5 nitrogen and oxygen atoms in total. The first-order valence-electron chi connectivity index (χ1n) is 6.74. The van der Waals surface area contributed by atoms with Gasteiger partial charge in [0.15, 0.2) is 0 Å². The largest absolute Gasteiger partial charge is 0.412 e. The van der Waals surface area contributed by atoms with Gasteiger partial charge in [-0.1, -0.05) is 29.8 Å². The number of hydrogen-bond donors (Lipinski definition) is 1. The van der Waals surface area contributed by atoms with Crippen LogP contribution in [0.4, 0.5) is 4.39 Å². The number of hydrogen-bond acceptors (Lipinski definition) is 4. The van der Waals surface area contributed by atoms with Gasteiger partial charge in [0, 0.05) is 17.1 Å². The van der Waals surface area contributed by atoms with Gasteiger partial charge in [0.2, 0.25) is 5.89 Å². The zero-order chi connectivity index (χ0) is 16.2. The smallest absolute Gasteiger partial charge is 0.309 e. The molecule has 1 aromatic heterocycles. The van der Waals surface area contributed by atoms with Crippen LogP contribution in [0.2, 0.25) is 5.02 Å². The molecule has 2 aromatic carbocycles. The molecular formula is C16H11ClFN3O2. The molecule has 0 aliphatic rings. The van der Waals surface area contributed by atoms with Gasteiger partial charge in [0.05, 0.1) is 0 Å². The Morgan fingerprint density at radius 2 is 1.96 bits per heavy atom. The number of halogens is 2. The number of carbonyl (C=O) groups is 1. The fourth-order valence-corrected chi connectivity index (χ4v) is 2.10. The second-order valence-electron chi connectivity index (χ2n) is 4.73. The molecule has 7 heteroatoms. The Morgan fingerprint density at radius 1 is 1.17 bits per heavy atom. The minimum Gasteiger partial charge on any atom is -0.412 e. The average molecular weight is 332 g/mol. The van der Waals surface area contributed by atoms with E-state index in [1.165, 1.54) is 12.1 Å². The Hall–Kier alpha value is -2.73. The number of nitrogens with zero attached hydrogens (tertiary/aromatic N) is 2. The summed E-state index contributed by atoms with van der Waals surface area (Å²) in [5, 5.41) is 10.7. The monoisotopic (exact) mass is 331 g/mol. The second-order valence-corrected chi connectivity index (χ2v) is 5.17. The minimum absolute atomic E-state index is 0.151. The highest BCUT2D eigenvalue weighted by Crippen LogP contribution is 2.21. The van der Waals surface area contributed by atoms with Gasteiger partial charge in [-0.25, -0.2) is 4.39 Å². The van der Waals surface area contributed by atoms with Crippen LogP contribution in [-0.4, -0.2) is 16.1 Å². The Morgan fingerprint density at radius 3 is 2.70 bits per heavy atom. The average Bonchev–Trinajstić information content (AvgIpc) is 3.04. The van der Waals surface area contributed by atoms with Gasteiger partial charge >= 0.3 is 11.8 Å². The maximum Gasteiger partial charge on any atom is 0.309 e. The van der Waals surface area contributed by atoms with Crippen LogP contribution in [0, 0.1) is 5.82 Å². The van der Waals surface area contributed by atoms with E-state index in [-0.39, 0.29) is 24.1 Å². The molecule has 0 aliphatic heterocycles. The summed E-state index contributed by atoms with van der Waals surface area (Å²) in [7, 11) is 0. The van der Waals surface area contributed by atoms with Crippen molar-refractivity contribution in [3.05, 3.63) is 70.8 Å². The van der Waals surface area contributed by atoms with Crippen LogP contribution in [0.25, 0.3) is 11.5 Å². The molecule has 1 heterocycles. The zero-order valence-corrected chi connectivity index (χ0v) is 12.5. The summed E-state index contributed by atoms with van der Waals surface area (Å²) in [6.45, 7) is 0.230. The first kappa shape index (κ1) is 15.2. The molecule has 3 rings (SSSR count). The van der Waals surface area contributed by atoms with Crippen molar-refractivity contribution < 1.29 is 13.6 Å². The molecule has 116 valence electrons. The molecule has 0 bridgehead atoms. The highest BCUT2D eigenvalue weighted by Gasteiger charge is 2.15. The predicted molar refractivity (Wildman–Crippen MR) is 82.3 cm³/mol. The quantitative estimate of drug-likeness (QED) is 0.795. The molecule has 0 fully saturated rings. The van der Waals surface area contributed by atoms with E-state index in [9.17, 15) is 9.18 Å². The maximum atomic E-state index is 12.8. The number of rotatable bonds is 4. The maximum absolute atomic E-state index is 12.8. The Bertz CT molecular complexity index is 833. The van der Waals surface area contributed by atoms with Gasteiger partial charge in [-0.3, -0.25) is 4.79 Å². The highest BCUT2D eigenvalue weighted by molar-refractivity contribution is 6.30. The molecule has 0 atom stereocenters. The van der Waals surface area contributed by atoms with E-state index in [1.54, 1.807) is 36.4 Å². The predicted octanol–water partition coefficient (Wildman–Crippen LogP) is 3.46. The SMILES string of the molecule is O=C(NCc1ccc(F)cc1)c1nnc(-c2cccc(Cl)c2)o1. The topological polar surface area (TPSA) is 68.0 Å². The van der Waals surface area contributed by atoms with Crippen molar-refractivity contribution in [3.63, 3.8) is 0 Å². The lowest BCUT2D eigenvalue weighted by atomic mass is 10.2. The van der Waals surface area contributed by atoms with E-state index in [0.29, 0.717) is 10.6 Å². The van der Waals surface area contributed by atoms with Crippen molar-refractivity contribution in [1.82, 2.24) is 15.5 Å². The number of carbonyl (C=O) groups excluding carboxylic acids is 1. The van der Waals surface area contributed by atoms with Gasteiger partial charge in [-0.15, -0.1) is 10.2 Å². The summed E-state index contributed by atoms with van der Waals surface area (Å²) < 4.78 is 18.2. The standard InChI is InChI=1S/C16H11ClFN3O2/c17-12-3-1-2-11(8-12)15-20-21-16(23-15)14(22)19-9-10-4-6-13(18)7-5-10/h1-8H,9H2,(H,19,22). The van der Waals surface area contributed by atoms with Gasteiger partial charge < -0.3 is 9.73 Å². The molecular weight excluding hydrogens is 321 g/mol. The molecule has 23 heavy (non-hydrogen) atoms. The first-order chi connectivity index (χ1) is 11.1. The summed E-state index contributed by atoms with van der Waals surface area (Å²) in [6, 6.07) is 12.7. The van der Waals surface area contributed by atoms with Crippen LogP contribution in [0.5, 0.6) is 0 Å². The number of benzene rings is 2. The normalized spacial score (nSPS) is 10.5. The van der Waals surface area contributed by atoms with Crippen LogP contribution in [0.15, 0.2) is 52.9 Å². The molecule has 0 aliphatic carbocycles. The van der Waals surface area contributed by atoms with E-state index in [2.05, 4.69) is 15.5 Å². The lowest BCUT2D eigenvalue weighted by Gasteiger charge is -2.02. The second kappa shape index (κ2) is 6.58. The van der Waals surface area contributed by atoms with Crippen molar-refractivity contribution in [2.24, 2.45) is 0 Å². The summed E-state index contributed by atoms with van der Waals surface area (Å²) in [5.74, 6) is -0.778. The molecule has 0 saturated carbocycles. The Balaban J connectivity index is 1.67. The molecule has 3 aromatic rings. The van der Waals surface area contributed by atoms with E-state index < -0.39 is 5.91 Å². The third-order valence-electron chi connectivity index (χ3n) is 3.06. The number of amides is 1.